The van der Waals surface area contributed by atoms with Crippen LogP contribution in [0.4, 0.5) is 0 Å². The molecule has 0 spiro atoms. The Kier molecular flexibility index (Phi) is 10.7. The van der Waals surface area contributed by atoms with E-state index in [9.17, 15) is 5.26 Å². The third-order valence-corrected chi connectivity index (χ3v) is 14.4. The zero-order valence-electron chi connectivity index (χ0n) is 42.1. The van der Waals surface area contributed by atoms with Gasteiger partial charge in [0.05, 0.1) is 57.5 Å². The second kappa shape index (κ2) is 17.3. The Balaban J connectivity index is 1.17. The van der Waals surface area contributed by atoms with Crippen molar-refractivity contribution in [3.05, 3.63) is 232 Å². The third kappa shape index (κ3) is 7.75. The third-order valence-electron chi connectivity index (χ3n) is 14.4. The van der Waals surface area contributed by atoms with Crippen LogP contribution in [0.3, 0.4) is 0 Å². The van der Waals surface area contributed by atoms with E-state index >= 15 is 0 Å². The van der Waals surface area contributed by atoms with Crippen LogP contribution in [-0.2, 0) is 0 Å². The van der Waals surface area contributed by atoms with Crippen LogP contribution in [0, 0.1) is 66.7 Å². The lowest BCUT2D eigenvalue weighted by molar-refractivity contribution is 1.09. The number of aromatic nitrogens is 3. The van der Waals surface area contributed by atoms with Crippen molar-refractivity contribution in [2.75, 3.05) is 0 Å². The fourth-order valence-corrected chi connectivity index (χ4v) is 11.6. The van der Waals surface area contributed by atoms with Gasteiger partial charge >= 0.3 is 0 Å². The van der Waals surface area contributed by atoms with Gasteiger partial charge in [0.15, 0.2) is 0 Å². The highest BCUT2D eigenvalue weighted by Gasteiger charge is 2.24. The molecular weight excluding hydrogens is 873 g/mol. The van der Waals surface area contributed by atoms with Crippen molar-refractivity contribution in [2.45, 2.75) is 55.4 Å². The Hall–Kier alpha value is -8.78. The number of rotatable bonds is 7. The molecule has 12 aromatic rings. The van der Waals surface area contributed by atoms with Gasteiger partial charge in [0.2, 0.25) is 0 Å². The number of hydrogen-bond acceptors (Lipinski definition) is 2. The summed E-state index contributed by atoms with van der Waals surface area (Å²) >= 11 is 0. The van der Waals surface area contributed by atoms with Gasteiger partial charge in [0, 0.05) is 27.1 Å². The van der Waals surface area contributed by atoms with E-state index in [1.54, 1.807) is 0 Å². The highest BCUT2D eigenvalue weighted by atomic mass is 15.0. The van der Waals surface area contributed by atoms with Crippen molar-refractivity contribution in [3.8, 4) is 73.1 Å². The van der Waals surface area contributed by atoms with E-state index in [-0.39, 0.29) is 0 Å². The summed E-state index contributed by atoms with van der Waals surface area (Å²) in [6.07, 6.45) is 4.05. The van der Waals surface area contributed by atoms with Crippen molar-refractivity contribution >= 4 is 43.6 Å². The molecule has 0 saturated carbocycles. The van der Waals surface area contributed by atoms with Gasteiger partial charge in [-0.3, -0.25) is 4.98 Å². The summed E-state index contributed by atoms with van der Waals surface area (Å²) in [5.74, 6) is 0. The first kappa shape index (κ1) is 44.4. The van der Waals surface area contributed by atoms with Gasteiger partial charge in [-0.2, -0.15) is 5.26 Å². The smallest absolute Gasteiger partial charge is 0.0991 e. The van der Waals surface area contributed by atoms with Gasteiger partial charge < -0.3 is 9.13 Å². The molecule has 0 saturated heterocycles. The predicted octanol–water partition coefficient (Wildman–Crippen LogP) is 17.9. The highest BCUT2D eigenvalue weighted by molar-refractivity contribution is 6.14. The molecular formula is C68H54N4. The first-order valence-corrected chi connectivity index (χ1v) is 24.9. The maximum absolute atomic E-state index is 10.1. The minimum Gasteiger partial charge on any atom is -0.307 e. The number of nitriles is 1. The van der Waals surface area contributed by atoms with Crippen molar-refractivity contribution in [1.29, 1.82) is 5.26 Å². The molecule has 0 bridgehead atoms. The predicted molar refractivity (Wildman–Crippen MR) is 303 cm³/mol. The summed E-state index contributed by atoms with van der Waals surface area (Å²) in [6.45, 7) is 17.4. The maximum Gasteiger partial charge on any atom is 0.0991 e. The summed E-state index contributed by atoms with van der Waals surface area (Å²) in [6, 6.07) is 65.4. The molecule has 0 atom stereocenters. The van der Waals surface area contributed by atoms with Gasteiger partial charge in [-0.05, 0) is 166 Å². The fourth-order valence-electron chi connectivity index (χ4n) is 11.6. The highest BCUT2D eigenvalue weighted by Crippen LogP contribution is 2.45. The quantitative estimate of drug-likeness (QED) is 0.160. The molecule has 0 radical (unpaired) electrons. The molecule has 3 aromatic heterocycles. The van der Waals surface area contributed by atoms with Crippen LogP contribution in [0.2, 0.25) is 0 Å². The van der Waals surface area contributed by atoms with Crippen LogP contribution in [-0.4, -0.2) is 14.1 Å². The molecule has 0 aliphatic rings. The van der Waals surface area contributed by atoms with E-state index in [1.807, 2.05) is 24.5 Å². The molecule has 0 N–H and O–H groups in total. The van der Waals surface area contributed by atoms with Crippen LogP contribution < -0.4 is 0 Å². The molecule has 3 heterocycles. The van der Waals surface area contributed by atoms with Gasteiger partial charge in [-0.15, -0.1) is 0 Å². The van der Waals surface area contributed by atoms with Gasteiger partial charge in [-0.25, -0.2) is 0 Å². The number of hydrogen-bond donors (Lipinski definition) is 0. The molecule has 0 fully saturated rings. The van der Waals surface area contributed by atoms with Crippen molar-refractivity contribution in [1.82, 2.24) is 14.1 Å². The summed E-state index contributed by atoms with van der Waals surface area (Å²) in [5.41, 5.74) is 28.3. The summed E-state index contributed by atoms with van der Waals surface area (Å²) in [7, 11) is 0. The molecule has 4 heteroatoms. The molecule has 4 nitrogen and oxygen atoms in total. The molecule has 0 amide bonds. The second-order valence-electron chi connectivity index (χ2n) is 20.3. The molecule has 0 aliphatic carbocycles. The Morgan fingerprint density at radius 1 is 0.306 bits per heavy atom. The van der Waals surface area contributed by atoms with Crippen molar-refractivity contribution < 1.29 is 0 Å². The molecule has 346 valence electrons. The molecule has 0 unspecified atom stereocenters. The number of benzene rings is 9. The Morgan fingerprint density at radius 2 is 0.569 bits per heavy atom. The lowest BCUT2D eigenvalue weighted by Gasteiger charge is -2.20. The van der Waals surface area contributed by atoms with E-state index in [0.29, 0.717) is 5.56 Å². The van der Waals surface area contributed by atoms with Crippen LogP contribution in [0.5, 0.6) is 0 Å². The van der Waals surface area contributed by atoms with E-state index in [4.69, 9.17) is 4.98 Å². The summed E-state index contributed by atoms with van der Waals surface area (Å²) in [4.78, 5) is 5.19. The monoisotopic (exact) mass is 926 g/mol. The molecule has 0 aliphatic heterocycles. The van der Waals surface area contributed by atoms with Gasteiger partial charge in [0.25, 0.3) is 0 Å². The zero-order valence-corrected chi connectivity index (χ0v) is 42.1. The first-order chi connectivity index (χ1) is 34.8. The summed E-state index contributed by atoms with van der Waals surface area (Å²) in [5, 5.41) is 14.7. The average molecular weight is 927 g/mol. The van der Waals surface area contributed by atoms with E-state index in [1.165, 1.54) is 111 Å². The minimum absolute atomic E-state index is 0.611. The van der Waals surface area contributed by atoms with Crippen LogP contribution >= 0.6 is 0 Å². The fraction of sp³-hybridized carbons (Fsp3) is 0.118. The van der Waals surface area contributed by atoms with Gasteiger partial charge in [-0.1, -0.05) is 154 Å². The van der Waals surface area contributed by atoms with Crippen LogP contribution in [0.15, 0.2) is 182 Å². The molecule has 12 rings (SSSR count). The minimum atomic E-state index is 0.611. The summed E-state index contributed by atoms with van der Waals surface area (Å²) < 4.78 is 4.82. The van der Waals surface area contributed by atoms with E-state index < -0.39 is 0 Å². The second-order valence-corrected chi connectivity index (χ2v) is 20.3. The zero-order chi connectivity index (χ0) is 49.5. The van der Waals surface area contributed by atoms with Gasteiger partial charge in [0.1, 0.15) is 0 Å². The Morgan fingerprint density at radius 3 is 0.833 bits per heavy atom. The van der Waals surface area contributed by atoms with Crippen LogP contribution in [0.1, 0.15) is 50.1 Å². The maximum atomic E-state index is 10.1. The Labute approximate surface area is 421 Å². The normalized spacial score (nSPS) is 11.6. The largest absolute Gasteiger partial charge is 0.307 e. The topological polar surface area (TPSA) is 46.5 Å². The number of fused-ring (bicyclic) bond motifs is 6. The standard InChI is InChI=1S/C68H54N4/c1-40-21-41(2)26-54(25-40)50-13-17-62-58(33-50)59-34-51(55-27-42(3)22-43(4)28-55)14-18-63(59)71(62)66-38-70-39-67(68(66)49-11-9-48(37-69)10-12-49)72-64-19-15-52(56-29-44(5)23-45(6)30-56)35-60(64)61-36-53(16-20-65(61)72)57-31-46(7)24-47(8)32-57/h9-36,38-39H,1-8H3. The number of nitrogens with zero attached hydrogens (tertiary/aromatic N) is 4. The van der Waals surface area contributed by atoms with E-state index in [2.05, 4.69) is 228 Å². The lowest BCUT2D eigenvalue weighted by atomic mass is 9.97. The number of aryl methyl sites for hydroxylation is 8. The first-order valence-electron chi connectivity index (χ1n) is 24.9. The van der Waals surface area contributed by atoms with Crippen LogP contribution in [0.25, 0.3) is 111 Å². The Bertz CT molecular complexity index is 3700. The average Bonchev–Trinajstić information content (AvgIpc) is 3.86. The molecule has 72 heavy (non-hydrogen) atoms. The number of pyridine rings is 1. The van der Waals surface area contributed by atoms with Crippen molar-refractivity contribution in [2.24, 2.45) is 0 Å². The van der Waals surface area contributed by atoms with Crippen molar-refractivity contribution in [3.63, 3.8) is 0 Å². The SMILES string of the molecule is Cc1cc(C)cc(-c2ccc3c(c2)c2cc(-c4cc(C)cc(C)c4)ccc2n3-c2cncc(-n3c4ccc(-c5cc(C)cc(C)c5)cc4c4cc(-c5cc(C)cc(C)c5)ccc43)c2-c2ccc(C#N)cc2)c1. The van der Waals surface area contributed by atoms with E-state index in [0.717, 1.165) is 44.6 Å². The lowest BCUT2D eigenvalue weighted by Crippen LogP contribution is -2.05. The molecule has 9 aromatic carbocycles.